The highest BCUT2D eigenvalue weighted by Gasteiger charge is 2.22. The van der Waals surface area contributed by atoms with Crippen LogP contribution in [0.4, 0.5) is 20.9 Å². The molecule has 10 heteroatoms. The standard InChI is InChI=1S/C21H20FN3O5S/c1-11-18(31-21(23-11)24-13-7-5-12(22)6-8-13)19(26)25-15-10-17(29-3)16(28-2)9-14(15)20(27)30-4/h5-10H,1-4H3,(H,23,24)(H,25,26). The number of benzene rings is 2. The maximum atomic E-state index is 13.1. The summed E-state index contributed by atoms with van der Waals surface area (Å²) >= 11 is 1.12. The highest BCUT2D eigenvalue weighted by atomic mass is 32.1. The largest absolute Gasteiger partial charge is 0.493 e. The van der Waals surface area contributed by atoms with Crippen molar-refractivity contribution in [2.24, 2.45) is 0 Å². The molecule has 0 aliphatic heterocycles. The fourth-order valence-corrected chi connectivity index (χ4v) is 3.64. The predicted molar refractivity (Wildman–Crippen MR) is 115 cm³/mol. The molecule has 0 bridgehead atoms. The molecule has 2 aromatic carbocycles. The van der Waals surface area contributed by atoms with E-state index in [0.29, 0.717) is 32.9 Å². The molecule has 1 heterocycles. The lowest BCUT2D eigenvalue weighted by Gasteiger charge is -2.14. The fourth-order valence-electron chi connectivity index (χ4n) is 2.76. The molecule has 0 saturated heterocycles. The third kappa shape index (κ3) is 4.92. The number of aromatic nitrogens is 1. The number of nitrogens with zero attached hydrogens (tertiary/aromatic N) is 1. The van der Waals surface area contributed by atoms with E-state index in [1.165, 1.54) is 45.6 Å². The monoisotopic (exact) mass is 445 g/mol. The second kappa shape index (κ2) is 9.43. The molecule has 0 aliphatic carbocycles. The number of hydrogen-bond donors (Lipinski definition) is 2. The molecule has 1 amide bonds. The third-order valence-corrected chi connectivity index (χ3v) is 5.35. The summed E-state index contributed by atoms with van der Waals surface area (Å²) in [6.07, 6.45) is 0. The van der Waals surface area contributed by atoms with Gasteiger partial charge < -0.3 is 24.8 Å². The van der Waals surface area contributed by atoms with Gasteiger partial charge in [0.05, 0.1) is 38.3 Å². The SMILES string of the molecule is COC(=O)c1cc(OC)c(OC)cc1NC(=O)c1sc(Nc2ccc(F)cc2)nc1C. The molecule has 1 aromatic heterocycles. The Morgan fingerprint density at radius 3 is 2.29 bits per heavy atom. The maximum Gasteiger partial charge on any atom is 0.340 e. The van der Waals surface area contributed by atoms with Gasteiger partial charge in [0.1, 0.15) is 10.7 Å². The number of halogens is 1. The van der Waals surface area contributed by atoms with Crippen LogP contribution < -0.4 is 20.1 Å². The lowest BCUT2D eigenvalue weighted by molar-refractivity contribution is 0.0601. The highest BCUT2D eigenvalue weighted by molar-refractivity contribution is 7.17. The van der Waals surface area contributed by atoms with E-state index >= 15 is 0 Å². The molecule has 3 rings (SSSR count). The smallest absolute Gasteiger partial charge is 0.340 e. The Balaban J connectivity index is 1.88. The van der Waals surface area contributed by atoms with Crippen LogP contribution in [0.2, 0.25) is 0 Å². The molecule has 3 aromatic rings. The lowest BCUT2D eigenvalue weighted by atomic mass is 10.1. The van der Waals surface area contributed by atoms with Crippen LogP contribution in [0.3, 0.4) is 0 Å². The molecule has 0 atom stereocenters. The number of ether oxygens (including phenoxy) is 3. The molecule has 0 radical (unpaired) electrons. The molecule has 0 spiro atoms. The van der Waals surface area contributed by atoms with Crippen LogP contribution in [-0.4, -0.2) is 38.2 Å². The van der Waals surface area contributed by atoms with E-state index in [1.54, 1.807) is 19.1 Å². The Labute approximate surface area is 182 Å². The zero-order valence-electron chi connectivity index (χ0n) is 17.2. The first-order chi connectivity index (χ1) is 14.9. The number of anilines is 3. The van der Waals surface area contributed by atoms with Crippen molar-refractivity contribution in [3.05, 3.63) is 58.3 Å². The Bertz CT molecular complexity index is 1110. The van der Waals surface area contributed by atoms with E-state index in [4.69, 9.17) is 14.2 Å². The van der Waals surface area contributed by atoms with Crippen molar-refractivity contribution in [1.82, 2.24) is 4.98 Å². The summed E-state index contributed by atoms with van der Waals surface area (Å²) in [5.41, 5.74) is 1.44. The van der Waals surface area contributed by atoms with Crippen molar-refractivity contribution in [2.45, 2.75) is 6.92 Å². The topological polar surface area (TPSA) is 98.8 Å². The second-order valence-electron chi connectivity index (χ2n) is 6.26. The van der Waals surface area contributed by atoms with Gasteiger partial charge in [0.25, 0.3) is 5.91 Å². The summed E-state index contributed by atoms with van der Waals surface area (Å²) in [7, 11) is 4.13. The molecule has 0 fully saturated rings. The van der Waals surface area contributed by atoms with Crippen LogP contribution in [0.15, 0.2) is 36.4 Å². The molecule has 0 aliphatic rings. The predicted octanol–water partition coefficient (Wildman–Crippen LogP) is 4.39. The van der Waals surface area contributed by atoms with E-state index in [2.05, 4.69) is 15.6 Å². The number of amides is 1. The van der Waals surface area contributed by atoms with Crippen LogP contribution in [-0.2, 0) is 4.74 Å². The van der Waals surface area contributed by atoms with Gasteiger partial charge in [0, 0.05) is 17.8 Å². The summed E-state index contributed by atoms with van der Waals surface area (Å²) in [5.74, 6) is -0.793. The Morgan fingerprint density at radius 1 is 1.03 bits per heavy atom. The zero-order valence-corrected chi connectivity index (χ0v) is 18.1. The molecule has 162 valence electrons. The summed E-state index contributed by atoms with van der Waals surface area (Å²) in [4.78, 5) is 29.8. The molecule has 8 nitrogen and oxygen atoms in total. The number of esters is 1. The molecule has 2 N–H and O–H groups in total. The molecule has 0 unspecified atom stereocenters. The van der Waals surface area contributed by atoms with E-state index in [-0.39, 0.29) is 17.1 Å². The van der Waals surface area contributed by atoms with Crippen molar-refractivity contribution < 1.29 is 28.2 Å². The van der Waals surface area contributed by atoms with Crippen LogP contribution in [0, 0.1) is 12.7 Å². The number of thiazole rings is 1. The van der Waals surface area contributed by atoms with Crippen molar-refractivity contribution in [1.29, 1.82) is 0 Å². The first kappa shape index (κ1) is 22.0. The summed E-state index contributed by atoms with van der Waals surface area (Å²) in [6.45, 7) is 1.69. The molecular formula is C21H20FN3O5S. The third-order valence-electron chi connectivity index (χ3n) is 4.28. The van der Waals surface area contributed by atoms with Crippen LogP contribution in [0.5, 0.6) is 11.5 Å². The van der Waals surface area contributed by atoms with Gasteiger partial charge in [-0.1, -0.05) is 11.3 Å². The average Bonchev–Trinajstić information content (AvgIpc) is 3.14. The molecule has 31 heavy (non-hydrogen) atoms. The Kier molecular flexibility index (Phi) is 6.71. The zero-order chi connectivity index (χ0) is 22.5. The van der Waals surface area contributed by atoms with Gasteiger partial charge in [0.15, 0.2) is 16.6 Å². The van der Waals surface area contributed by atoms with Crippen LogP contribution in [0.1, 0.15) is 25.7 Å². The van der Waals surface area contributed by atoms with Crippen molar-refractivity contribution in [3.63, 3.8) is 0 Å². The van der Waals surface area contributed by atoms with Crippen LogP contribution in [0.25, 0.3) is 0 Å². The highest BCUT2D eigenvalue weighted by Crippen LogP contribution is 2.34. The van der Waals surface area contributed by atoms with Gasteiger partial charge in [-0.3, -0.25) is 4.79 Å². The number of carbonyl (C=O) groups excluding carboxylic acids is 2. The van der Waals surface area contributed by atoms with Crippen molar-refractivity contribution in [2.75, 3.05) is 32.0 Å². The summed E-state index contributed by atoms with van der Waals surface area (Å²) in [6, 6.07) is 8.69. The first-order valence-electron chi connectivity index (χ1n) is 9.02. The van der Waals surface area contributed by atoms with E-state index in [9.17, 15) is 14.0 Å². The van der Waals surface area contributed by atoms with Gasteiger partial charge in [-0.2, -0.15) is 0 Å². The molecule has 0 saturated carbocycles. The quantitative estimate of drug-likeness (QED) is 0.521. The molecular weight excluding hydrogens is 425 g/mol. The van der Waals surface area contributed by atoms with Gasteiger partial charge in [-0.15, -0.1) is 0 Å². The van der Waals surface area contributed by atoms with E-state index in [0.717, 1.165) is 11.3 Å². The minimum Gasteiger partial charge on any atom is -0.493 e. The lowest BCUT2D eigenvalue weighted by Crippen LogP contribution is -2.15. The van der Waals surface area contributed by atoms with E-state index < -0.39 is 11.9 Å². The Hall–Kier alpha value is -3.66. The van der Waals surface area contributed by atoms with Gasteiger partial charge in [-0.25, -0.2) is 14.2 Å². The minimum absolute atomic E-state index is 0.111. The number of methoxy groups -OCH3 is 3. The number of nitrogens with one attached hydrogen (secondary N) is 2. The second-order valence-corrected chi connectivity index (χ2v) is 7.26. The first-order valence-corrected chi connectivity index (χ1v) is 9.83. The summed E-state index contributed by atoms with van der Waals surface area (Å²) < 4.78 is 28.4. The normalized spacial score (nSPS) is 10.4. The van der Waals surface area contributed by atoms with Crippen molar-refractivity contribution >= 4 is 39.7 Å². The number of hydrogen-bond acceptors (Lipinski definition) is 8. The van der Waals surface area contributed by atoms with Gasteiger partial charge in [0.2, 0.25) is 0 Å². The van der Waals surface area contributed by atoms with E-state index in [1.807, 2.05) is 0 Å². The average molecular weight is 445 g/mol. The van der Waals surface area contributed by atoms with Crippen molar-refractivity contribution in [3.8, 4) is 11.5 Å². The van der Waals surface area contributed by atoms with Gasteiger partial charge in [-0.05, 0) is 31.2 Å². The number of rotatable bonds is 7. The number of aryl methyl sites for hydroxylation is 1. The fraction of sp³-hybridized carbons (Fsp3) is 0.190. The number of carbonyl (C=O) groups is 2. The minimum atomic E-state index is -0.643. The summed E-state index contributed by atoms with van der Waals surface area (Å²) in [5, 5.41) is 6.21. The van der Waals surface area contributed by atoms with Crippen LogP contribution >= 0.6 is 11.3 Å². The Morgan fingerprint density at radius 2 is 1.68 bits per heavy atom. The van der Waals surface area contributed by atoms with Gasteiger partial charge >= 0.3 is 5.97 Å². The maximum absolute atomic E-state index is 13.1.